The summed E-state index contributed by atoms with van der Waals surface area (Å²) in [7, 11) is 3.05. The van der Waals surface area contributed by atoms with E-state index in [0.29, 0.717) is 38.5 Å². The van der Waals surface area contributed by atoms with Crippen LogP contribution in [0, 0.1) is 0 Å². The minimum atomic E-state index is -0.541. The maximum Gasteiger partial charge on any atom is 0.272 e. The number of hydrogen-bond donors (Lipinski definition) is 3. The molecule has 0 fully saturated rings. The number of thiazole rings is 1. The van der Waals surface area contributed by atoms with Crippen molar-refractivity contribution in [1.29, 1.82) is 0 Å². The predicted molar refractivity (Wildman–Crippen MR) is 188 cm³/mol. The average molecular weight is 685 g/mol. The molecular weight excluding hydrogens is 656 g/mol. The van der Waals surface area contributed by atoms with Crippen molar-refractivity contribution in [3.8, 4) is 22.8 Å². The quantitative estimate of drug-likeness (QED) is 0.0914. The third-order valence-corrected chi connectivity index (χ3v) is 8.66. The summed E-state index contributed by atoms with van der Waals surface area (Å²) in [6.45, 7) is 0. The molecule has 9 nitrogen and oxygen atoms in total. The van der Waals surface area contributed by atoms with Gasteiger partial charge in [0, 0.05) is 37.7 Å². The third-order valence-electron chi connectivity index (χ3n) is 6.64. The van der Waals surface area contributed by atoms with Crippen LogP contribution in [0.25, 0.3) is 17.3 Å². The highest BCUT2D eigenvalue weighted by Crippen LogP contribution is 2.28. The Balaban J connectivity index is 1.23. The van der Waals surface area contributed by atoms with E-state index in [2.05, 4.69) is 20.9 Å². The third kappa shape index (κ3) is 9.23. The van der Waals surface area contributed by atoms with Gasteiger partial charge in [-0.3, -0.25) is 14.4 Å². The number of rotatable bonds is 12. The molecule has 0 spiro atoms. The first kappa shape index (κ1) is 33.3. The van der Waals surface area contributed by atoms with Gasteiger partial charge in [0.05, 0.1) is 25.7 Å². The number of ether oxygens (including phenoxy) is 2. The fourth-order valence-corrected chi connectivity index (χ4v) is 5.83. The number of carbonyl (C=O) groups is 3. The summed E-state index contributed by atoms with van der Waals surface area (Å²) in [5, 5.41) is 11.4. The van der Waals surface area contributed by atoms with Crippen LogP contribution in [0.15, 0.2) is 113 Å². The number of anilines is 2. The van der Waals surface area contributed by atoms with Gasteiger partial charge in [0.1, 0.15) is 17.2 Å². The maximum atomic E-state index is 13.5. The molecule has 5 rings (SSSR count). The van der Waals surface area contributed by atoms with Crippen molar-refractivity contribution in [1.82, 2.24) is 10.3 Å². The van der Waals surface area contributed by atoms with Crippen LogP contribution in [-0.4, -0.2) is 42.7 Å². The topological polar surface area (TPSA) is 119 Å². The molecule has 47 heavy (non-hydrogen) atoms. The Kier molecular flexibility index (Phi) is 11.3. The highest BCUT2D eigenvalue weighted by atomic mass is 35.5. The molecule has 1 aromatic heterocycles. The Labute approximate surface area is 285 Å². The van der Waals surface area contributed by atoms with Crippen LogP contribution < -0.4 is 25.4 Å². The van der Waals surface area contributed by atoms with Crippen molar-refractivity contribution in [3.05, 3.63) is 124 Å². The number of amides is 3. The van der Waals surface area contributed by atoms with Crippen LogP contribution in [0.2, 0.25) is 5.02 Å². The fourth-order valence-electron chi connectivity index (χ4n) is 4.27. The molecule has 0 bridgehead atoms. The van der Waals surface area contributed by atoms with E-state index in [-0.39, 0.29) is 17.4 Å². The Bertz CT molecular complexity index is 1900. The van der Waals surface area contributed by atoms with Crippen molar-refractivity contribution < 1.29 is 23.9 Å². The molecule has 5 aromatic rings. The van der Waals surface area contributed by atoms with Gasteiger partial charge in [-0.15, -0.1) is 23.1 Å². The van der Waals surface area contributed by atoms with Gasteiger partial charge in [0.15, 0.2) is 5.13 Å². The second kappa shape index (κ2) is 15.9. The number of halogens is 1. The Morgan fingerprint density at radius 2 is 1.64 bits per heavy atom. The monoisotopic (exact) mass is 684 g/mol. The van der Waals surface area contributed by atoms with Crippen molar-refractivity contribution in [3.63, 3.8) is 0 Å². The molecule has 238 valence electrons. The molecule has 12 heteroatoms. The molecule has 4 aromatic carbocycles. The summed E-state index contributed by atoms with van der Waals surface area (Å²) in [5.74, 6) is 0.0385. The van der Waals surface area contributed by atoms with E-state index in [9.17, 15) is 14.4 Å². The van der Waals surface area contributed by atoms with Gasteiger partial charge in [-0.1, -0.05) is 41.9 Å². The van der Waals surface area contributed by atoms with Crippen LogP contribution >= 0.6 is 34.7 Å². The summed E-state index contributed by atoms with van der Waals surface area (Å²) in [6.07, 6.45) is 1.53. The molecule has 0 aliphatic heterocycles. The van der Waals surface area contributed by atoms with Gasteiger partial charge in [-0.2, -0.15) is 0 Å². The first-order valence-electron chi connectivity index (χ1n) is 14.2. The van der Waals surface area contributed by atoms with Gasteiger partial charge in [-0.05, 0) is 72.8 Å². The second-order valence-electron chi connectivity index (χ2n) is 9.85. The van der Waals surface area contributed by atoms with E-state index in [4.69, 9.17) is 21.1 Å². The Morgan fingerprint density at radius 1 is 0.894 bits per heavy atom. The predicted octanol–water partition coefficient (Wildman–Crippen LogP) is 7.62. The van der Waals surface area contributed by atoms with Crippen molar-refractivity contribution in [2.45, 2.75) is 4.90 Å². The van der Waals surface area contributed by atoms with Crippen LogP contribution in [0.1, 0.15) is 15.9 Å². The summed E-state index contributed by atoms with van der Waals surface area (Å²) in [6, 6.07) is 28.1. The minimum absolute atomic E-state index is 0.00179. The molecule has 1 heterocycles. The number of nitrogens with zero attached hydrogens (tertiary/aromatic N) is 1. The van der Waals surface area contributed by atoms with Gasteiger partial charge in [0.2, 0.25) is 5.91 Å². The zero-order chi connectivity index (χ0) is 33.2. The van der Waals surface area contributed by atoms with Gasteiger partial charge >= 0.3 is 0 Å². The van der Waals surface area contributed by atoms with Crippen LogP contribution in [0.3, 0.4) is 0 Å². The zero-order valence-electron chi connectivity index (χ0n) is 25.3. The molecule has 3 amide bonds. The van der Waals surface area contributed by atoms with E-state index in [0.717, 1.165) is 16.2 Å². The van der Waals surface area contributed by atoms with Gasteiger partial charge in [-0.25, -0.2) is 4.98 Å². The SMILES string of the molecule is COc1ccc(OC)c(/C=C(\NC(=O)c2ccccc2)C(=O)Nc2ccc(SCC(=O)Nc3nc(-c4ccc(Cl)cc4)cs3)cc2)c1. The number of hydrogen-bond acceptors (Lipinski definition) is 8. The number of benzene rings is 4. The van der Waals surface area contributed by atoms with Gasteiger partial charge < -0.3 is 25.4 Å². The highest BCUT2D eigenvalue weighted by molar-refractivity contribution is 8.00. The summed E-state index contributed by atoms with van der Waals surface area (Å²) < 4.78 is 10.8. The van der Waals surface area contributed by atoms with E-state index in [1.807, 2.05) is 17.5 Å². The van der Waals surface area contributed by atoms with Crippen molar-refractivity contribution in [2.24, 2.45) is 0 Å². The van der Waals surface area contributed by atoms with Crippen LogP contribution in [0.5, 0.6) is 11.5 Å². The lowest BCUT2D eigenvalue weighted by Gasteiger charge is -2.13. The molecule has 0 unspecified atom stereocenters. The molecule has 0 atom stereocenters. The van der Waals surface area contributed by atoms with Crippen molar-refractivity contribution >= 4 is 69.3 Å². The number of thioether (sulfide) groups is 1. The number of nitrogens with one attached hydrogen (secondary N) is 3. The lowest BCUT2D eigenvalue weighted by Crippen LogP contribution is -2.30. The highest BCUT2D eigenvalue weighted by Gasteiger charge is 2.17. The lowest BCUT2D eigenvalue weighted by atomic mass is 10.1. The Morgan fingerprint density at radius 3 is 2.34 bits per heavy atom. The first-order valence-corrected chi connectivity index (χ1v) is 16.4. The molecule has 3 N–H and O–H groups in total. The zero-order valence-corrected chi connectivity index (χ0v) is 27.7. The summed E-state index contributed by atoms with van der Waals surface area (Å²) in [4.78, 5) is 44.4. The molecule has 0 aliphatic carbocycles. The van der Waals surface area contributed by atoms with Crippen LogP contribution in [-0.2, 0) is 9.59 Å². The molecular formula is C35H29ClN4O5S2. The van der Waals surface area contributed by atoms with Crippen molar-refractivity contribution in [2.75, 3.05) is 30.6 Å². The molecule has 0 radical (unpaired) electrons. The number of methoxy groups -OCH3 is 2. The molecule has 0 saturated heterocycles. The summed E-state index contributed by atoms with van der Waals surface area (Å²) in [5.41, 5.74) is 3.10. The molecule has 0 saturated carbocycles. The average Bonchev–Trinajstić information content (AvgIpc) is 3.56. The van der Waals surface area contributed by atoms with Crippen LogP contribution in [0.4, 0.5) is 10.8 Å². The second-order valence-corrected chi connectivity index (χ2v) is 12.2. The summed E-state index contributed by atoms with van der Waals surface area (Å²) >= 11 is 8.65. The largest absolute Gasteiger partial charge is 0.497 e. The smallest absolute Gasteiger partial charge is 0.272 e. The van der Waals surface area contributed by atoms with E-state index >= 15 is 0 Å². The molecule has 0 aliphatic rings. The standard InChI is InChI=1S/C35H29ClN4O5S2/c1-44-27-14-17-31(45-2)24(18-27)19-29(38-33(42)23-6-4-3-5-7-23)34(43)37-26-12-15-28(16-13-26)46-21-32(41)40-35-39-30(20-47-35)22-8-10-25(36)11-9-22/h3-20H,21H2,1-2H3,(H,37,43)(H,38,42)(H,39,40,41)/b29-19-. The fraction of sp³-hybridized carbons (Fsp3) is 0.0857. The number of aromatic nitrogens is 1. The van der Waals surface area contributed by atoms with Gasteiger partial charge in [0.25, 0.3) is 11.8 Å². The van der Waals surface area contributed by atoms with E-state index < -0.39 is 11.8 Å². The normalized spacial score (nSPS) is 11.0. The number of carbonyl (C=O) groups excluding carboxylic acids is 3. The maximum absolute atomic E-state index is 13.5. The Hall–Kier alpha value is -5.10. The lowest BCUT2D eigenvalue weighted by molar-refractivity contribution is -0.114. The first-order chi connectivity index (χ1) is 22.8. The van der Waals surface area contributed by atoms with E-state index in [1.54, 1.807) is 84.9 Å². The van der Waals surface area contributed by atoms with E-state index in [1.165, 1.54) is 43.4 Å². The minimum Gasteiger partial charge on any atom is -0.497 e.